The van der Waals surface area contributed by atoms with Crippen LogP contribution in [0.4, 0.5) is 13.2 Å². The third kappa shape index (κ3) is 5.62. The minimum absolute atomic E-state index is 0.0328. The molecule has 0 aliphatic heterocycles. The Morgan fingerprint density at radius 3 is 2.56 bits per heavy atom. The highest BCUT2D eigenvalue weighted by Gasteiger charge is 2.37. The van der Waals surface area contributed by atoms with Gasteiger partial charge in [0.2, 0.25) is 5.91 Å². The van der Waals surface area contributed by atoms with E-state index in [1.54, 1.807) is 29.2 Å². The van der Waals surface area contributed by atoms with Crippen LogP contribution in [-0.2, 0) is 17.9 Å². The van der Waals surface area contributed by atoms with Crippen LogP contribution in [-0.4, -0.2) is 42.4 Å². The van der Waals surface area contributed by atoms with Gasteiger partial charge < -0.3 is 10.6 Å². The van der Waals surface area contributed by atoms with Crippen LogP contribution in [0.3, 0.4) is 0 Å². The van der Waals surface area contributed by atoms with Crippen molar-refractivity contribution in [3.8, 4) is 0 Å². The molecule has 32 heavy (non-hydrogen) atoms. The number of hydrogen-bond donors (Lipinski definition) is 2. The van der Waals surface area contributed by atoms with Crippen LogP contribution < -0.4 is 10.6 Å². The molecule has 0 aromatic carbocycles. The van der Waals surface area contributed by atoms with Gasteiger partial charge in [0.05, 0.1) is 30.6 Å². The summed E-state index contributed by atoms with van der Waals surface area (Å²) >= 11 is 0. The zero-order valence-electron chi connectivity index (χ0n) is 17.8. The Labute approximate surface area is 182 Å². The molecule has 0 unspecified atom stereocenters. The van der Waals surface area contributed by atoms with Gasteiger partial charge in [0, 0.05) is 25.2 Å². The Bertz CT molecular complexity index is 1100. The smallest absolute Gasteiger partial charge is 0.352 e. The first kappa shape index (κ1) is 23.2. The highest BCUT2D eigenvalue weighted by molar-refractivity contribution is 5.92. The number of nitrogens with zero attached hydrogens (tertiary/aromatic N) is 5. The molecule has 0 aliphatic carbocycles. The lowest BCUT2D eigenvalue weighted by Crippen LogP contribution is -2.29. The molecule has 12 heteroatoms. The monoisotopic (exact) mass is 451 g/mol. The van der Waals surface area contributed by atoms with Crippen LogP contribution in [0.2, 0.25) is 0 Å². The van der Waals surface area contributed by atoms with E-state index in [4.69, 9.17) is 0 Å². The predicted molar refractivity (Wildman–Crippen MR) is 108 cm³/mol. The second-order valence-corrected chi connectivity index (χ2v) is 7.76. The van der Waals surface area contributed by atoms with Gasteiger partial charge in [0.25, 0.3) is 5.91 Å². The first-order valence-corrected chi connectivity index (χ1v) is 10.0. The highest BCUT2D eigenvalue weighted by Crippen LogP contribution is 2.28. The first-order chi connectivity index (χ1) is 15.0. The summed E-state index contributed by atoms with van der Waals surface area (Å²) < 4.78 is 40.8. The summed E-state index contributed by atoms with van der Waals surface area (Å²) in [6.45, 7) is 5.02. The highest BCUT2D eigenvalue weighted by atomic mass is 19.4. The van der Waals surface area contributed by atoms with Crippen LogP contribution in [0, 0.1) is 5.92 Å². The Hall–Kier alpha value is -3.44. The summed E-state index contributed by atoms with van der Waals surface area (Å²) in [4.78, 5) is 28.6. The van der Waals surface area contributed by atoms with Gasteiger partial charge in [-0.25, -0.2) is 9.50 Å². The van der Waals surface area contributed by atoms with E-state index in [0.717, 1.165) is 6.92 Å². The number of carbonyl (C=O) groups excluding carboxylic acids is 2. The molecule has 0 spiro atoms. The standard InChI is InChI=1S/C20H24F3N7O2/c1-12(2)30-16(4-5-26-30)19(32)25-10-15-11-29-17(28-15)7-14(9-27-29)8-24-18(31)6-13(3)20(21,22)23/h4-5,7,9,11-13H,6,8,10H2,1-3H3,(H,24,31)(H,25,32)/t13-/m0/s1. The van der Waals surface area contributed by atoms with Crippen molar-refractivity contribution in [3.05, 3.63) is 47.7 Å². The lowest BCUT2D eigenvalue weighted by Gasteiger charge is -2.14. The number of hydrogen-bond acceptors (Lipinski definition) is 5. The van der Waals surface area contributed by atoms with Gasteiger partial charge >= 0.3 is 6.18 Å². The molecule has 0 saturated carbocycles. The van der Waals surface area contributed by atoms with E-state index in [1.807, 2.05) is 13.8 Å². The first-order valence-electron chi connectivity index (χ1n) is 10.0. The summed E-state index contributed by atoms with van der Waals surface area (Å²) in [7, 11) is 0. The maximum atomic E-state index is 12.6. The molecular formula is C20H24F3N7O2. The van der Waals surface area contributed by atoms with Crippen molar-refractivity contribution in [3.63, 3.8) is 0 Å². The van der Waals surface area contributed by atoms with Gasteiger partial charge in [-0.1, -0.05) is 6.92 Å². The fourth-order valence-corrected chi connectivity index (χ4v) is 2.98. The second-order valence-electron chi connectivity index (χ2n) is 7.76. The van der Waals surface area contributed by atoms with E-state index < -0.39 is 24.4 Å². The Morgan fingerprint density at radius 2 is 1.88 bits per heavy atom. The van der Waals surface area contributed by atoms with Gasteiger partial charge in [-0.2, -0.15) is 23.4 Å². The zero-order chi connectivity index (χ0) is 23.5. The van der Waals surface area contributed by atoms with Crippen LogP contribution >= 0.6 is 0 Å². The molecular weight excluding hydrogens is 427 g/mol. The van der Waals surface area contributed by atoms with Crippen molar-refractivity contribution in [1.82, 2.24) is 35.0 Å². The van der Waals surface area contributed by atoms with Crippen LogP contribution in [0.15, 0.2) is 30.7 Å². The molecule has 3 heterocycles. The van der Waals surface area contributed by atoms with Crippen molar-refractivity contribution < 1.29 is 22.8 Å². The number of nitrogens with one attached hydrogen (secondary N) is 2. The quantitative estimate of drug-likeness (QED) is 0.548. The summed E-state index contributed by atoms with van der Waals surface area (Å²) in [5, 5.41) is 13.6. The molecule has 172 valence electrons. The second kappa shape index (κ2) is 9.37. The molecule has 2 N–H and O–H groups in total. The SMILES string of the molecule is CC(C)n1nccc1C(=O)NCc1cn2ncc(CNC(=O)C[C@H](C)C(F)(F)F)cc2n1. The molecule has 9 nitrogen and oxygen atoms in total. The number of amides is 2. The molecule has 0 radical (unpaired) electrons. The molecule has 0 fully saturated rings. The van der Waals surface area contributed by atoms with Gasteiger partial charge in [-0.05, 0) is 31.5 Å². The normalized spacial score (nSPS) is 12.8. The Balaban J connectivity index is 1.58. The van der Waals surface area contributed by atoms with E-state index in [1.165, 1.54) is 10.7 Å². The van der Waals surface area contributed by atoms with E-state index in [-0.39, 0.29) is 25.0 Å². The van der Waals surface area contributed by atoms with Gasteiger partial charge in [0.1, 0.15) is 5.69 Å². The summed E-state index contributed by atoms with van der Waals surface area (Å²) in [6, 6.07) is 3.34. The molecule has 3 aromatic heterocycles. The molecule has 0 bridgehead atoms. The van der Waals surface area contributed by atoms with Gasteiger partial charge in [-0.3, -0.25) is 14.3 Å². The molecule has 1 atom stereocenters. The number of aromatic nitrogens is 5. The molecule has 3 rings (SSSR count). The fourth-order valence-electron chi connectivity index (χ4n) is 2.98. The van der Waals surface area contributed by atoms with E-state index in [2.05, 4.69) is 25.8 Å². The van der Waals surface area contributed by atoms with Crippen molar-refractivity contribution >= 4 is 17.5 Å². The minimum Gasteiger partial charge on any atom is -0.352 e. The molecule has 0 saturated heterocycles. The fraction of sp³-hybridized carbons (Fsp3) is 0.450. The van der Waals surface area contributed by atoms with Gasteiger partial charge in [0.15, 0.2) is 5.65 Å². The number of imidazole rings is 1. The van der Waals surface area contributed by atoms with Crippen molar-refractivity contribution in [2.75, 3.05) is 0 Å². The Morgan fingerprint density at radius 1 is 1.12 bits per heavy atom. The summed E-state index contributed by atoms with van der Waals surface area (Å²) in [6.07, 6.45) is -0.335. The number of carbonyl (C=O) groups is 2. The van der Waals surface area contributed by atoms with Crippen LogP contribution in [0.5, 0.6) is 0 Å². The Kier molecular flexibility index (Phi) is 6.80. The van der Waals surface area contributed by atoms with E-state index in [0.29, 0.717) is 22.6 Å². The number of rotatable bonds is 8. The predicted octanol–water partition coefficient (Wildman–Crippen LogP) is 2.64. The summed E-state index contributed by atoms with van der Waals surface area (Å²) in [5.41, 5.74) is 2.09. The maximum Gasteiger partial charge on any atom is 0.392 e. The number of fused-ring (bicyclic) bond motifs is 1. The average molecular weight is 451 g/mol. The lowest BCUT2D eigenvalue weighted by atomic mass is 10.1. The largest absolute Gasteiger partial charge is 0.392 e. The van der Waals surface area contributed by atoms with Crippen LogP contribution in [0.25, 0.3) is 5.65 Å². The van der Waals surface area contributed by atoms with E-state index >= 15 is 0 Å². The van der Waals surface area contributed by atoms with Crippen molar-refractivity contribution in [2.24, 2.45) is 5.92 Å². The minimum atomic E-state index is -4.41. The lowest BCUT2D eigenvalue weighted by molar-refractivity contribution is -0.174. The average Bonchev–Trinajstić information content (AvgIpc) is 3.36. The van der Waals surface area contributed by atoms with Crippen molar-refractivity contribution in [1.29, 1.82) is 0 Å². The van der Waals surface area contributed by atoms with Crippen molar-refractivity contribution in [2.45, 2.75) is 52.5 Å². The molecule has 3 aromatic rings. The van der Waals surface area contributed by atoms with Crippen LogP contribution in [0.1, 0.15) is 55.0 Å². The summed E-state index contributed by atoms with van der Waals surface area (Å²) in [5.74, 6) is -2.69. The van der Waals surface area contributed by atoms with E-state index in [9.17, 15) is 22.8 Å². The molecule has 0 aliphatic rings. The zero-order valence-corrected chi connectivity index (χ0v) is 17.8. The third-order valence-electron chi connectivity index (χ3n) is 4.79. The third-order valence-corrected chi connectivity index (χ3v) is 4.79. The maximum absolute atomic E-state index is 12.6. The van der Waals surface area contributed by atoms with Gasteiger partial charge in [-0.15, -0.1) is 0 Å². The molecule has 2 amide bonds. The number of alkyl halides is 3. The number of halogens is 3. The topological polar surface area (TPSA) is 106 Å².